The van der Waals surface area contributed by atoms with Crippen LogP contribution in [0, 0.1) is 0 Å². The van der Waals surface area contributed by atoms with Crippen molar-refractivity contribution in [3.05, 3.63) is 23.8 Å². The van der Waals surface area contributed by atoms with E-state index in [1.165, 1.54) is 0 Å². The molecule has 0 aliphatic carbocycles. The van der Waals surface area contributed by atoms with E-state index in [1.807, 2.05) is 6.07 Å². The molecule has 0 aromatic heterocycles. The third kappa shape index (κ3) is 2.13. The fourth-order valence-electron chi connectivity index (χ4n) is 2.18. The van der Waals surface area contributed by atoms with Crippen molar-refractivity contribution >= 4 is 5.97 Å². The maximum atomic E-state index is 10.9. The molecule has 1 aromatic rings. The number of benzene rings is 1. The van der Waals surface area contributed by atoms with Gasteiger partial charge in [0.15, 0.2) is 11.5 Å². The summed E-state index contributed by atoms with van der Waals surface area (Å²) in [6.45, 7) is 0.585. The predicted octanol–water partition coefficient (Wildman–Crippen LogP) is 1.79. The highest BCUT2D eigenvalue weighted by atomic mass is 16.5. The van der Waals surface area contributed by atoms with Crippen LogP contribution in [0.15, 0.2) is 18.2 Å². The van der Waals surface area contributed by atoms with Crippen molar-refractivity contribution in [3.63, 3.8) is 0 Å². The van der Waals surface area contributed by atoms with Crippen LogP contribution in [0.25, 0.3) is 0 Å². The second-order valence-corrected chi connectivity index (χ2v) is 4.23. The molecule has 1 fully saturated rings. The quantitative estimate of drug-likeness (QED) is 0.865. The average molecular weight is 252 g/mol. The van der Waals surface area contributed by atoms with Crippen molar-refractivity contribution in [3.8, 4) is 11.5 Å². The van der Waals surface area contributed by atoms with Gasteiger partial charge in [0, 0.05) is 6.42 Å². The Morgan fingerprint density at radius 1 is 1.39 bits per heavy atom. The molecule has 1 aliphatic rings. The number of hydrogen-bond acceptors (Lipinski definition) is 4. The van der Waals surface area contributed by atoms with Crippen LogP contribution in [-0.2, 0) is 15.1 Å². The average Bonchev–Trinajstić information content (AvgIpc) is 2.32. The van der Waals surface area contributed by atoms with E-state index in [4.69, 9.17) is 19.3 Å². The van der Waals surface area contributed by atoms with Gasteiger partial charge in [0.2, 0.25) is 0 Å². The molecule has 0 bridgehead atoms. The number of carboxylic acids is 1. The predicted molar refractivity (Wildman–Crippen MR) is 64.0 cm³/mol. The van der Waals surface area contributed by atoms with Crippen LogP contribution in [0.1, 0.15) is 18.4 Å². The van der Waals surface area contributed by atoms with Gasteiger partial charge in [0.05, 0.1) is 27.2 Å². The van der Waals surface area contributed by atoms with E-state index in [0.29, 0.717) is 24.5 Å². The Morgan fingerprint density at radius 2 is 2.06 bits per heavy atom. The lowest BCUT2D eigenvalue weighted by atomic mass is 9.83. The number of carbonyl (C=O) groups is 1. The Bertz CT molecular complexity index is 451. The molecule has 0 radical (unpaired) electrons. The van der Waals surface area contributed by atoms with Crippen molar-refractivity contribution in [2.45, 2.75) is 18.4 Å². The van der Waals surface area contributed by atoms with Gasteiger partial charge in [-0.25, -0.2) is 0 Å². The lowest BCUT2D eigenvalue weighted by Gasteiger charge is -2.41. The molecule has 0 saturated carbocycles. The fraction of sp³-hybridized carbons (Fsp3) is 0.462. The monoisotopic (exact) mass is 252 g/mol. The number of methoxy groups -OCH3 is 2. The minimum atomic E-state index is -0.871. The van der Waals surface area contributed by atoms with E-state index >= 15 is 0 Å². The molecule has 1 aromatic carbocycles. The molecule has 98 valence electrons. The van der Waals surface area contributed by atoms with Gasteiger partial charge in [0.1, 0.15) is 5.60 Å². The van der Waals surface area contributed by atoms with E-state index < -0.39 is 11.6 Å². The fourth-order valence-corrected chi connectivity index (χ4v) is 2.18. The summed E-state index contributed by atoms with van der Waals surface area (Å²) in [7, 11) is 3.11. The van der Waals surface area contributed by atoms with Crippen LogP contribution in [-0.4, -0.2) is 31.9 Å². The molecular weight excluding hydrogens is 236 g/mol. The summed E-state index contributed by atoms with van der Waals surface area (Å²) in [6, 6.07) is 5.36. The number of hydrogen-bond donors (Lipinski definition) is 1. The van der Waals surface area contributed by atoms with E-state index in [-0.39, 0.29) is 6.42 Å². The first-order chi connectivity index (χ1) is 8.61. The lowest BCUT2D eigenvalue weighted by molar-refractivity contribution is -0.176. The van der Waals surface area contributed by atoms with E-state index in [0.717, 1.165) is 5.56 Å². The van der Waals surface area contributed by atoms with Gasteiger partial charge in [-0.2, -0.15) is 0 Å². The zero-order valence-corrected chi connectivity index (χ0v) is 10.4. The van der Waals surface area contributed by atoms with Gasteiger partial charge in [-0.05, 0) is 17.7 Å². The molecule has 0 amide bonds. The molecule has 5 nitrogen and oxygen atoms in total. The standard InChI is InChI=1S/C13H16O5/c1-16-10-4-3-9(7-11(10)17-2)13(5-6-18-13)8-12(14)15/h3-4,7H,5-6,8H2,1-2H3,(H,14,15). The molecule has 5 heteroatoms. The van der Waals surface area contributed by atoms with Crippen LogP contribution in [0.2, 0.25) is 0 Å². The van der Waals surface area contributed by atoms with Gasteiger partial charge < -0.3 is 19.3 Å². The van der Waals surface area contributed by atoms with Crippen LogP contribution in [0.3, 0.4) is 0 Å². The zero-order chi connectivity index (χ0) is 13.2. The minimum absolute atomic E-state index is 0.0392. The summed E-state index contributed by atoms with van der Waals surface area (Å²) in [5.41, 5.74) is 0.0968. The first-order valence-corrected chi connectivity index (χ1v) is 5.69. The van der Waals surface area contributed by atoms with Gasteiger partial charge in [-0.15, -0.1) is 0 Å². The smallest absolute Gasteiger partial charge is 0.306 e. The molecule has 1 heterocycles. The Hall–Kier alpha value is -1.75. The normalized spacial score (nSPS) is 22.1. The molecule has 1 aliphatic heterocycles. The second kappa shape index (κ2) is 4.86. The lowest BCUT2D eigenvalue weighted by Crippen LogP contribution is -2.42. The summed E-state index contributed by atoms with van der Waals surface area (Å²) in [5.74, 6) is 0.325. The van der Waals surface area contributed by atoms with Gasteiger partial charge in [-0.3, -0.25) is 4.79 Å². The summed E-state index contributed by atoms with van der Waals surface area (Å²) < 4.78 is 15.9. The SMILES string of the molecule is COc1ccc(C2(CC(=O)O)CCO2)cc1OC. The van der Waals surface area contributed by atoms with Crippen molar-refractivity contribution in [1.82, 2.24) is 0 Å². The number of ether oxygens (including phenoxy) is 3. The Balaban J connectivity index is 2.34. The minimum Gasteiger partial charge on any atom is -0.493 e. The highest BCUT2D eigenvalue weighted by molar-refractivity contribution is 5.69. The van der Waals surface area contributed by atoms with Crippen molar-refractivity contribution in [2.75, 3.05) is 20.8 Å². The summed E-state index contributed by atoms with van der Waals surface area (Å²) in [5, 5.41) is 8.97. The van der Waals surface area contributed by atoms with E-state index in [2.05, 4.69) is 0 Å². The summed E-state index contributed by atoms with van der Waals surface area (Å²) in [6.07, 6.45) is 0.664. The molecule has 1 unspecified atom stereocenters. The second-order valence-electron chi connectivity index (χ2n) is 4.23. The molecule has 1 atom stereocenters. The number of aliphatic carboxylic acids is 1. The Kier molecular flexibility index (Phi) is 3.43. The van der Waals surface area contributed by atoms with Crippen molar-refractivity contribution < 1.29 is 24.1 Å². The van der Waals surface area contributed by atoms with Gasteiger partial charge in [-0.1, -0.05) is 6.07 Å². The molecule has 0 spiro atoms. The van der Waals surface area contributed by atoms with Crippen LogP contribution >= 0.6 is 0 Å². The maximum Gasteiger partial charge on any atom is 0.306 e. The topological polar surface area (TPSA) is 65.0 Å². The highest BCUT2D eigenvalue weighted by Gasteiger charge is 2.42. The van der Waals surface area contributed by atoms with E-state index in [9.17, 15) is 4.79 Å². The van der Waals surface area contributed by atoms with Crippen LogP contribution in [0.5, 0.6) is 11.5 Å². The molecule has 1 N–H and O–H groups in total. The molecule has 2 rings (SSSR count). The first kappa shape index (κ1) is 12.7. The first-order valence-electron chi connectivity index (χ1n) is 5.69. The van der Waals surface area contributed by atoms with Crippen molar-refractivity contribution in [1.29, 1.82) is 0 Å². The number of rotatable bonds is 5. The third-order valence-corrected chi connectivity index (χ3v) is 3.23. The Morgan fingerprint density at radius 3 is 2.50 bits per heavy atom. The molecular formula is C13H16O5. The zero-order valence-electron chi connectivity index (χ0n) is 10.4. The van der Waals surface area contributed by atoms with Crippen LogP contribution in [0.4, 0.5) is 0 Å². The van der Waals surface area contributed by atoms with Crippen LogP contribution < -0.4 is 9.47 Å². The number of carboxylic acid groups (broad SMARTS) is 1. The summed E-state index contributed by atoms with van der Waals surface area (Å²) in [4.78, 5) is 10.9. The third-order valence-electron chi connectivity index (χ3n) is 3.23. The van der Waals surface area contributed by atoms with Crippen molar-refractivity contribution in [2.24, 2.45) is 0 Å². The highest BCUT2D eigenvalue weighted by Crippen LogP contribution is 2.43. The van der Waals surface area contributed by atoms with E-state index in [1.54, 1.807) is 26.4 Å². The maximum absolute atomic E-state index is 10.9. The largest absolute Gasteiger partial charge is 0.493 e. The van der Waals surface area contributed by atoms with Gasteiger partial charge in [0.25, 0.3) is 0 Å². The van der Waals surface area contributed by atoms with Gasteiger partial charge >= 0.3 is 5.97 Å². The summed E-state index contributed by atoms with van der Waals surface area (Å²) >= 11 is 0. The molecule has 18 heavy (non-hydrogen) atoms. The molecule has 1 saturated heterocycles. The Labute approximate surface area is 105 Å².